The van der Waals surface area contributed by atoms with E-state index in [0.29, 0.717) is 0 Å². The molecule has 1 aliphatic heterocycles. The molecule has 0 bridgehead atoms. The van der Waals surface area contributed by atoms with E-state index in [4.69, 9.17) is 0 Å². The van der Waals surface area contributed by atoms with Crippen LogP contribution in [0.4, 0.5) is 5.69 Å². The van der Waals surface area contributed by atoms with Crippen LogP contribution in [0.15, 0.2) is 91.4 Å². The van der Waals surface area contributed by atoms with Crippen molar-refractivity contribution in [3.8, 4) is 5.82 Å². The van der Waals surface area contributed by atoms with E-state index < -0.39 is 8.07 Å². The summed E-state index contributed by atoms with van der Waals surface area (Å²) in [7, 11) is 0.170. The normalized spacial score (nSPS) is 13.5. The molecule has 0 saturated heterocycles. The molecule has 0 aliphatic carbocycles. The maximum absolute atomic E-state index is 4.67. The fraction of sp³-hybridized carbons (Fsp3) is 0.133. The molecule has 0 atom stereocenters. The first-order valence-corrected chi connectivity index (χ1v) is 15.1. The van der Waals surface area contributed by atoms with Crippen molar-refractivity contribution in [2.24, 2.45) is 0 Å². The molecule has 184 valence electrons. The number of rotatable bonds is 5. The molecule has 0 radical (unpaired) electrons. The van der Waals surface area contributed by atoms with Crippen LogP contribution in [0.3, 0.4) is 0 Å². The third-order valence-corrected chi connectivity index (χ3v) is 9.73. The van der Waals surface area contributed by atoms with Crippen molar-refractivity contribution in [1.82, 2.24) is 14.5 Å². The summed E-state index contributed by atoms with van der Waals surface area (Å²) in [5.41, 5.74) is 4.58. The first kappa shape index (κ1) is 24.5. The van der Waals surface area contributed by atoms with E-state index >= 15 is 0 Å². The van der Waals surface area contributed by atoms with Crippen molar-refractivity contribution in [2.75, 3.05) is 11.9 Å². The van der Waals surface area contributed by atoms with Gasteiger partial charge in [-0.05, 0) is 43.0 Å². The van der Waals surface area contributed by atoms with Crippen LogP contribution in [0.25, 0.3) is 27.6 Å². The quantitative estimate of drug-likeness (QED) is 0.175. The van der Waals surface area contributed by atoms with Gasteiger partial charge in [-0.15, -0.1) is 11.1 Å². The molecule has 3 aromatic carbocycles. The summed E-state index contributed by atoms with van der Waals surface area (Å²) in [6.45, 7) is 6.92. The fourth-order valence-electron chi connectivity index (χ4n) is 4.93. The van der Waals surface area contributed by atoms with Gasteiger partial charge in [-0.25, -0.2) is 4.98 Å². The number of para-hydroxylation sites is 1. The van der Waals surface area contributed by atoms with Gasteiger partial charge in [-0.2, -0.15) is 59.9 Å². The molecule has 6 rings (SSSR count). The molecule has 2 aromatic heterocycles. The summed E-state index contributed by atoms with van der Waals surface area (Å²) in [5, 5.41) is 3.77. The van der Waals surface area contributed by atoms with E-state index in [1.54, 1.807) is 0 Å². The maximum atomic E-state index is 4.67. The van der Waals surface area contributed by atoms with Gasteiger partial charge >= 0.3 is 0 Å². The van der Waals surface area contributed by atoms with Gasteiger partial charge in [0.1, 0.15) is 5.82 Å². The Morgan fingerprint density at radius 3 is 2.47 bits per heavy atom. The number of pyridine rings is 1. The minimum atomic E-state index is -1.86. The Bertz CT molecular complexity index is 1560. The zero-order valence-electron chi connectivity index (χ0n) is 20.5. The van der Waals surface area contributed by atoms with Crippen LogP contribution < -0.4 is 10.1 Å². The Kier molecular flexibility index (Phi) is 6.63. The van der Waals surface area contributed by atoms with E-state index in [2.05, 4.69) is 113 Å². The molecule has 4 nitrogen and oxygen atoms in total. The van der Waals surface area contributed by atoms with Crippen molar-refractivity contribution in [2.45, 2.75) is 19.1 Å². The largest absolute Gasteiger partial charge is 0.510 e. The molecular formula is C30H27N4PtSi-3. The average molecular weight is 667 g/mol. The van der Waals surface area contributed by atoms with Gasteiger partial charge in [0, 0.05) is 32.8 Å². The second-order valence-electron chi connectivity index (χ2n) is 9.78. The summed E-state index contributed by atoms with van der Waals surface area (Å²) >= 11 is 0. The number of aromatic nitrogens is 2. The fourth-order valence-corrected chi connectivity index (χ4v) is 7.27. The van der Waals surface area contributed by atoms with Crippen LogP contribution in [0, 0.1) is 18.8 Å². The van der Waals surface area contributed by atoms with Gasteiger partial charge in [0.15, 0.2) is 0 Å². The Balaban J connectivity index is 0.00000267. The van der Waals surface area contributed by atoms with Crippen LogP contribution in [0.5, 0.6) is 0 Å². The minimum absolute atomic E-state index is 0. The first-order chi connectivity index (χ1) is 17.0. The van der Waals surface area contributed by atoms with Gasteiger partial charge in [0.2, 0.25) is 0 Å². The molecule has 6 heteroatoms. The van der Waals surface area contributed by atoms with Crippen molar-refractivity contribution in [1.29, 1.82) is 0 Å². The number of hydrogen-bond donors (Lipinski definition) is 0. The van der Waals surface area contributed by atoms with E-state index in [-0.39, 0.29) is 21.1 Å². The van der Waals surface area contributed by atoms with E-state index in [1.807, 2.05) is 36.5 Å². The molecule has 0 saturated carbocycles. The Hall–Kier alpha value is -3.14. The summed E-state index contributed by atoms with van der Waals surface area (Å²) in [4.78, 5) is 8.82. The van der Waals surface area contributed by atoms with Crippen LogP contribution in [-0.2, 0) is 27.1 Å². The Morgan fingerprint density at radius 1 is 0.861 bits per heavy atom. The topological polar surface area (TPSA) is 24.3 Å². The second kappa shape index (κ2) is 9.72. The van der Waals surface area contributed by atoms with Crippen LogP contribution in [0.1, 0.15) is 5.56 Å². The van der Waals surface area contributed by atoms with Gasteiger partial charge in [0.05, 0.1) is 8.07 Å². The molecule has 3 heterocycles. The van der Waals surface area contributed by atoms with Crippen molar-refractivity contribution < 1.29 is 21.1 Å². The predicted molar refractivity (Wildman–Crippen MR) is 147 cm³/mol. The molecule has 0 spiro atoms. The number of nitrogens with zero attached hydrogens (tertiary/aromatic N) is 4. The number of anilines is 1. The summed E-state index contributed by atoms with van der Waals surface area (Å²) in [6.07, 6.45) is 5.96. The van der Waals surface area contributed by atoms with Crippen LogP contribution >= 0.6 is 0 Å². The van der Waals surface area contributed by atoms with E-state index in [1.165, 1.54) is 21.5 Å². The third-order valence-electron chi connectivity index (χ3n) is 6.71. The van der Waals surface area contributed by atoms with Gasteiger partial charge in [-0.3, -0.25) is 0 Å². The number of benzene rings is 3. The summed E-state index contributed by atoms with van der Waals surface area (Å²) in [5.74, 6) is 0.924. The molecule has 0 fully saturated rings. The molecule has 1 aliphatic rings. The molecule has 0 N–H and O–H groups in total. The molecule has 5 aromatic rings. The first-order valence-electron chi connectivity index (χ1n) is 11.9. The predicted octanol–water partition coefficient (Wildman–Crippen LogP) is 5.82. The zero-order chi connectivity index (χ0) is 24.0. The maximum Gasteiger partial charge on any atom is 0.135 e. The smallest absolute Gasteiger partial charge is 0.135 e. The van der Waals surface area contributed by atoms with Crippen molar-refractivity contribution >= 4 is 40.8 Å². The minimum Gasteiger partial charge on any atom is -0.510 e. The summed E-state index contributed by atoms with van der Waals surface area (Å²) < 4.78 is 2.25. The van der Waals surface area contributed by atoms with E-state index in [0.717, 1.165) is 28.6 Å². The molecular weight excluding hydrogens is 640 g/mol. The Morgan fingerprint density at radius 2 is 1.69 bits per heavy atom. The third kappa shape index (κ3) is 4.42. The second-order valence-corrected chi connectivity index (χ2v) is 14.4. The molecule has 0 unspecified atom stereocenters. The van der Waals surface area contributed by atoms with Crippen LogP contribution in [-0.4, -0.2) is 29.6 Å². The summed E-state index contributed by atoms with van der Waals surface area (Å²) in [6, 6.07) is 34.1. The average Bonchev–Trinajstić information content (AvgIpc) is 3.45. The standard InChI is InChI=1S/C30H27N4Si.Pt/c1-32-17-18-33(22-32)24-10-8-9-23(19-24)21-35(2,3)25-14-15-27-26-11-4-5-12-28(26)34(29(27)20-25)30-13-6-7-16-31-30;/h4-18,22H,21H2,1-3H3;/q-3;. The van der Waals surface area contributed by atoms with E-state index in [9.17, 15) is 0 Å². The van der Waals surface area contributed by atoms with Gasteiger partial charge in [0.25, 0.3) is 0 Å². The monoisotopic (exact) mass is 666 g/mol. The van der Waals surface area contributed by atoms with Crippen molar-refractivity contribution in [3.05, 3.63) is 116 Å². The Labute approximate surface area is 228 Å². The SMILES string of the molecule is CN1C=CN(c2[c-]c(C[Si](C)(C)c3[c-]c4c(cc3)c3ccccc3n4-c3ccccn3)ccc2)[CH-]1.[Pt]. The number of fused-ring (bicyclic) bond motifs is 3. The van der Waals surface area contributed by atoms with Gasteiger partial charge in [-0.1, -0.05) is 48.9 Å². The molecule has 0 amide bonds. The zero-order valence-corrected chi connectivity index (χ0v) is 23.8. The van der Waals surface area contributed by atoms with Gasteiger partial charge < -0.3 is 14.4 Å². The molecule has 36 heavy (non-hydrogen) atoms. The van der Waals surface area contributed by atoms with Crippen molar-refractivity contribution in [3.63, 3.8) is 0 Å². The van der Waals surface area contributed by atoms with Crippen LogP contribution in [0.2, 0.25) is 13.1 Å². The number of hydrogen-bond acceptors (Lipinski definition) is 3.